The average Bonchev–Trinajstić information content (AvgIpc) is 3.17. The van der Waals surface area contributed by atoms with E-state index in [0.717, 1.165) is 45.6 Å². The topological polar surface area (TPSA) is 65.5 Å². The second kappa shape index (κ2) is 9.23. The molecule has 0 amide bonds. The van der Waals surface area contributed by atoms with Crippen LogP contribution in [0, 0.1) is 0 Å². The van der Waals surface area contributed by atoms with Gasteiger partial charge in [-0.3, -0.25) is 0 Å². The summed E-state index contributed by atoms with van der Waals surface area (Å²) in [6.45, 7) is 3.34. The molecule has 0 atom stereocenters. The number of nitrogens with one attached hydrogen (secondary N) is 1. The lowest BCUT2D eigenvalue weighted by Crippen LogP contribution is -2.07. The summed E-state index contributed by atoms with van der Waals surface area (Å²) in [7, 11) is 3.33. The summed E-state index contributed by atoms with van der Waals surface area (Å²) in [4.78, 5) is 9.73. The highest BCUT2D eigenvalue weighted by atomic mass is 32.1. The van der Waals surface area contributed by atoms with Crippen LogP contribution in [0.2, 0.25) is 0 Å². The quantitative estimate of drug-likeness (QED) is 0.593. The van der Waals surface area contributed by atoms with E-state index in [-0.39, 0.29) is 0 Å². The van der Waals surface area contributed by atoms with Crippen LogP contribution in [-0.4, -0.2) is 37.3 Å². The maximum absolute atomic E-state index is 5.52. The smallest absolute Gasteiger partial charge is 0.130 e. The largest absolute Gasteiger partial charge is 0.497 e. The Morgan fingerprint density at radius 3 is 2.70 bits per heavy atom. The van der Waals surface area contributed by atoms with E-state index in [2.05, 4.69) is 15.3 Å². The molecule has 3 aromatic rings. The van der Waals surface area contributed by atoms with Crippen molar-refractivity contribution in [2.24, 2.45) is 0 Å². The molecule has 0 fully saturated rings. The van der Waals surface area contributed by atoms with Gasteiger partial charge in [-0.05, 0) is 37.1 Å². The monoisotopic (exact) mass is 385 g/mol. The molecular weight excluding hydrogens is 362 g/mol. The number of thiophene rings is 1. The van der Waals surface area contributed by atoms with Gasteiger partial charge >= 0.3 is 0 Å². The molecule has 2 aromatic heterocycles. The van der Waals surface area contributed by atoms with E-state index in [0.29, 0.717) is 13.2 Å². The van der Waals surface area contributed by atoms with Crippen molar-refractivity contribution in [3.63, 3.8) is 0 Å². The standard InChI is InChI=1S/C20H23N3O3S/c1-4-26-16-10-19(27-12-16)17-11-20(23-13-22-17)21-8-7-14-9-15(24-2)5-6-18(14)25-3/h5-6,9-13H,4,7-8H2,1-3H3,(H,21,22,23). The summed E-state index contributed by atoms with van der Waals surface area (Å²) in [5.74, 6) is 3.32. The molecule has 0 aliphatic rings. The Labute approximate surface area is 163 Å². The van der Waals surface area contributed by atoms with Gasteiger partial charge in [0, 0.05) is 24.1 Å². The van der Waals surface area contributed by atoms with Crippen LogP contribution >= 0.6 is 11.3 Å². The van der Waals surface area contributed by atoms with E-state index in [1.807, 2.05) is 42.6 Å². The molecule has 0 aliphatic heterocycles. The Morgan fingerprint density at radius 1 is 1.04 bits per heavy atom. The minimum Gasteiger partial charge on any atom is -0.497 e. The summed E-state index contributed by atoms with van der Waals surface area (Å²) >= 11 is 1.61. The van der Waals surface area contributed by atoms with E-state index in [9.17, 15) is 0 Å². The number of hydrogen-bond acceptors (Lipinski definition) is 7. The number of benzene rings is 1. The predicted octanol–water partition coefficient (Wildman–Crippen LogP) is 4.28. The van der Waals surface area contributed by atoms with Gasteiger partial charge in [-0.15, -0.1) is 11.3 Å². The third-order valence-electron chi connectivity index (χ3n) is 3.99. The molecule has 27 heavy (non-hydrogen) atoms. The number of anilines is 1. The first-order chi connectivity index (χ1) is 13.2. The van der Waals surface area contributed by atoms with Gasteiger partial charge in [0.1, 0.15) is 29.4 Å². The van der Waals surface area contributed by atoms with Gasteiger partial charge in [-0.25, -0.2) is 9.97 Å². The fraction of sp³-hybridized carbons (Fsp3) is 0.300. The molecule has 3 rings (SSSR count). The Morgan fingerprint density at radius 2 is 1.93 bits per heavy atom. The van der Waals surface area contributed by atoms with Crippen LogP contribution in [0.1, 0.15) is 12.5 Å². The molecule has 7 heteroatoms. The molecule has 1 aromatic carbocycles. The van der Waals surface area contributed by atoms with Crippen LogP contribution in [-0.2, 0) is 6.42 Å². The number of nitrogens with zero attached hydrogens (tertiary/aromatic N) is 2. The second-order valence-electron chi connectivity index (χ2n) is 5.72. The molecule has 0 bridgehead atoms. The minimum atomic E-state index is 0.653. The predicted molar refractivity (Wildman–Crippen MR) is 108 cm³/mol. The summed E-state index contributed by atoms with van der Waals surface area (Å²) in [5, 5.41) is 5.34. The van der Waals surface area contributed by atoms with Crippen molar-refractivity contribution in [2.75, 3.05) is 32.7 Å². The lowest BCUT2D eigenvalue weighted by Gasteiger charge is -2.11. The zero-order valence-electron chi connectivity index (χ0n) is 15.7. The van der Waals surface area contributed by atoms with Crippen molar-refractivity contribution < 1.29 is 14.2 Å². The number of ether oxygens (including phenoxy) is 3. The highest BCUT2D eigenvalue weighted by Gasteiger charge is 2.08. The molecule has 2 heterocycles. The van der Waals surface area contributed by atoms with Gasteiger partial charge in [0.25, 0.3) is 0 Å². The maximum Gasteiger partial charge on any atom is 0.130 e. The molecule has 0 radical (unpaired) electrons. The van der Waals surface area contributed by atoms with Crippen LogP contribution in [0.4, 0.5) is 5.82 Å². The Kier molecular flexibility index (Phi) is 6.49. The number of methoxy groups -OCH3 is 2. The lowest BCUT2D eigenvalue weighted by molar-refractivity contribution is 0.342. The SMILES string of the molecule is CCOc1csc(-c2cc(NCCc3cc(OC)ccc3OC)ncn2)c1. The van der Waals surface area contributed by atoms with Gasteiger partial charge in [-0.2, -0.15) is 0 Å². The van der Waals surface area contributed by atoms with Crippen molar-refractivity contribution in [1.29, 1.82) is 0 Å². The molecular formula is C20H23N3O3S. The Balaban J connectivity index is 1.65. The number of aromatic nitrogens is 2. The highest BCUT2D eigenvalue weighted by Crippen LogP contribution is 2.30. The second-order valence-corrected chi connectivity index (χ2v) is 6.63. The fourth-order valence-corrected chi connectivity index (χ4v) is 3.48. The fourth-order valence-electron chi connectivity index (χ4n) is 2.69. The lowest BCUT2D eigenvalue weighted by atomic mass is 10.1. The first-order valence-corrected chi connectivity index (χ1v) is 9.60. The molecule has 0 aliphatic carbocycles. The van der Waals surface area contributed by atoms with E-state index in [4.69, 9.17) is 14.2 Å². The molecule has 0 saturated heterocycles. The van der Waals surface area contributed by atoms with Crippen LogP contribution in [0.15, 0.2) is 42.0 Å². The van der Waals surface area contributed by atoms with Crippen LogP contribution in [0.25, 0.3) is 10.6 Å². The van der Waals surface area contributed by atoms with Gasteiger partial charge in [0.15, 0.2) is 0 Å². The third kappa shape index (κ3) is 4.89. The van der Waals surface area contributed by atoms with Crippen molar-refractivity contribution in [1.82, 2.24) is 9.97 Å². The maximum atomic E-state index is 5.52. The van der Waals surface area contributed by atoms with E-state index >= 15 is 0 Å². The Hall–Kier alpha value is -2.80. The Bertz CT molecular complexity index is 882. The van der Waals surface area contributed by atoms with E-state index in [1.165, 1.54) is 0 Å². The number of rotatable bonds is 9. The molecule has 1 N–H and O–H groups in total. The molecule has 142 valence electrons. The van der Waals surface area contributed by atoms with Gasteiger partial charge < -0.3 is 19.5 Å². The summed E-state index contributed by atoms with van der Waals surface area (Å²) in [6, 6.07) is 9.76. The minimum absolute atomic E-state index is 0.653. The van der Waals surface area contributed by atoms with Gasteiger partial charge in [-0.1, -0.05) is 0 Å². The zero-order chi connectivity index (χ0) is 19.1. The summed E-state index contributed by atoms with van der Waals surface area (Å²) in [5.41, 5.74) is 1.96. The first kappa shape index (κ1) is 19.0. The van der Waals surface area contributed by atoms with Gasteiger partial charge in [0.2, 0.25) is 0 Å². The van der Waals surface area contributed by atoms with Crippen molar-refractivity contribution in [2.45, 2.75) is 13.3 Å². The van der Waals surface area contributed by atoms with Crippen molar-refractivity contribution in [3.05, 3.63) is 47.6 Å². The average molecular weight is 385 g/mol. The van der Waals surface area contributed by atoms with Gasteiger partial charge in [0.05, 0.1) is 31.4 Å². The molecule has 0 spiro atoms. The first-order valence-electron chi connectivity index (χ1n) is 8.72. The van der Waals surface area contributed by atoms with E-state index < -0.39 is 0 Å². The normalized spacial score (nSPS) is 10.5. The van der Waals surface area contributed by atoms with Crippen molar-refractivity contribution >= 4 is 17.2 Å². The molecule has 0 saturated carbocycles. The highest BCUT2D eigenvalue weighted by molar-refractivity contribution is 7.13. The molecule has 0 unspecified atom stereocenters. The summed E-state index contributed by atoms with van der Waals surface area (Å²) < 4.78 is 16.2. The van der Waals surface area contributed by atoms with Crippen molar-refractivity contribution in [3.8, 4) is 27.8 Å². The van der Waals surface area contributed by atoms with Crippen LogP contribution in [0.5, 0.6) is 17.2 Å². The summed E-state index contributed by atoms with van der Waals surface area (Å²) in [6.07, 6.45) is 2.36. The third-order valence-corrected chi connectivity index (χ3v) is 4.93. The van der Waals surface area contributed by atoms with Crippen LogP contribution < -0.4 is 19.5 Å². The molecule has 6 nitrogen and oxygen atoms in total. The zero-order valence-corrected chi connectivity index (χ0v) is 16.5. The number of hydrogen-bond donors (Lipinski definition) is 1. The van der Waals surface area contributed by atoms with E-state index in [1.54, 1.807) is 31.9 Å². The van der Waals surface area contributed by atoms with Crippen LogP contribution in [0.3, 0.4) is 0 Å².